The highest BCUT2D eigenvalue weighted by atomic mass is 32.1. The Kier molecular flexibility index (Phi) is 31.9. The first-order valence-corrected chi connectivity index (χ1v) is 15.6. The Balaban J connectivity index is 0. The molecular formula is C37H56O2S. The minimum Gasteiger partial charge on any atom is -0.463 e. The monoisotopic (exact) mass is 564 g/mol. The van der Waals surface area contributed by atoms with Crippen LogP contribution in [0.25, 0.3) is 18.2 Å². The summed E-state index contributed by atoms with van der Waals surface area (Å²) in [6, 6.07) is 18.1. The molecule has 40 heavy (non-hydrogen) atoms. The Morgan fingerprint density at radius 3 is 1.38 bits per heavy atom. The van der Waals surface area contributed by atoms with E-state index in [1.54, 1.807) is 0 Å². The third-order valence-corrected chi connectivity index (χ3v) is 6.18. The number of unbranched alkanes of at least 4 members (excludes halogenated alkanes) is 10. The number of benzene rings is 2. The Labute approximate surface area is 252 Å². The molecule has 0 atom stereocenters. The number of hydrogen-bond acceptors (Lipinski definition) is 3. The van der Waals surface area contributed by atoms with Crippen LogP contribution in [0.1, 0.15) is 108 Å². The van der Waals surface area contributed by atoms with Crippen LogP contribution in [0.5, 0.6) is 0 Å². The molecule has 0 fully saturated rings. The summed E-state index contributed by atoms with van der Waals surface area (Å²) in [5.74, 6) is 0.736. The molecule has 0 aliphatic carbocycles. The molecule has 2 rings (SSSR count). The van der Waals surface area contributed by atoms with Crippen molar-refractivity contribution in [2.75, 3.05) is 12.4 Å². The summed E-state index contributed by atoms with van der Waals surface area (Å²) in [5.41, 5.74) is 3.46. The molecule has 2 aromatic rings. The van der Waals surface area contributed by atoms with E-state index in [1.165, 1.54) is 75.8 Å². The predicted molar refractivity (Wildman–Crippen MR) is 185 cm³/mol. The van der Waals surface area contributed by atoms with Gasteiger partial charge in [0.1, 0.15) is 0 Å². The molecule has 0 amide bonds. The van der Waals surface area contributed by atoms with Crippen molar-refractivity contribution in [3.8, 4) is 0 Å². The summed E-state index contributed by atoms with van der Waals surface area (Å²) < 4.78 is 4.67. The van der Waals surface area contributed by atoms with Crippen LogP contribution >= 0.6 is 12.6 Å². The number of hydrogen-bond donors (Lipinski definition) is 1. The molecule has 0 saturated heterocycles. The molecule has 2 nitrogen and oxygen atoms in total. The van der Waals surface area contributed by atoms with E-state index in [0.717, 1.165) is 29.7 Å². The topological polar surface area (TPSA) is 26.3 Å². The second kappa shape index (κ2) is 32.4. The first-order chi connectivity index (χ1) is 19.5. The Bertz CT molecular complexity index is 818. The van der Waals surface area contributed by atoms with Crippen molar-refractivity contribution in [3.05, 3.63) is 104 Å². The molecule has 3 heteroatoms. The van der Waals surface area contributed by atoms with Gasteiger partial charge in [-0.25, -0.2) is 4.79 Å². The third-order valence-electron chi connectivity index (χ3n) is 5.86. The number of esters is 1. The van der Waals surface area contributed by atoms with Gasteiger partial charge in [0.05, 0.1) is 6.61 Å². The van der Waals surface area contributed by atoms with Crippen molar-refractivity contribution in [2.24, 2.45) is 0 Å². The lowest BCUT2D eigenvalue weighted by Gasteiger charge is -2.00. The number of thiol groups is 1. The first-order valence-electron chi connectivity index (χ1n) is 14.9. The van der Waals surface area contributed by atoms with Gasteiger partial charge in [0.15, 0.2) is 0 Å². The van der Waals surface area contributed by atoms with Crippen LogP contribution in [0.3, 0.4) is 0 Å². The molecule has 0 saturated carbocycles. The maximum atomic E-state index is 10.3. The summed E-state index contributed by atoms with van der Waals surface area (Å²) in [7, 11) is 0. The maximum absolute atomic E-state index is 10.3. The van der Waals surface area contributed by atoms with Gasteiger partial charge in [-0.2, -0.15) is 12.6 Å². The van der Waals surface area contributed by atoms with E-state index in [-0.39, 0.29) is 5.97 Å². The standard InChI is InChI=1S/C12H26S.C10H10.C8H8.C7H12O2/c1-2-3-4-5-6-7-8-9-10-11-12-13;1-3-9-5-7-10(4-2)8-6-9;1-2-8-6-4-3-5-7-8;1-3-5-6-9-7(8)4-2/h13H,2-12H2,1H3;3-8H,1-2H2;2-7H,1H2;4H,2-3,5-6H2,1H3. The van der Waals surface area contributed by atoms with Gasteiger partial charge in [-0.3, -0.25) is 0 Å². The van der Waals surface area contributed by atoms with E-state index in [0.29, 0.717) is 6.61 Å². The molecule has 0 unspecified atom stereocenters. The number of rotatable bonds is 17. The maximum Gasteiger partial charge on any atom is 0.330 e. The van der Waals surface area contributed by atoms with Crippen LogP contribution in [0, 0.1) is 0 Å². The van der Waals surface area contributed by atoms with Crippen LogP contribution in [-0.4, -0.2) is 18.3 Å². The highest BCUT2D eigenvalue weighted by Crippen LogP contribution is 2.10. The zero-order valence-corrected chi connectivity index (χ0v) is 26.4. The summed E-state index contributed by atoms with van der Waals surface area (Å²) in [6.07, 6.45) is 22.8. The largest absolute Gasteiger partial charge is 0.463 e. The zero-order chi connectivity index (χ0) is 30.1. The van der Waals surface area contributed by atoms with Gasteiger partial charge < -0.3 is 4.74 Å². The van der Waals surface area contributed by atoms with Crippen molar-refractivity contribution in [2.45, 2.75) is 90.9 Å². The van der Waals surface area contributed by atoms with Crippen molar-refractivity contribution in [1.29, 1.82) is 0 Å². The summed E-state index contributed by atoms with van der Waals surface area (Å²) in [5, 5.41) is 0. The number of carbonyl (C=O) groups is 1. The van der Waals surface area contributed by atoms with Crippen LogP contribution in [-0.2, 0) is 9.53 Å². The fourth-order valence-electron chi connectivity index (χ4n) is 3.33. The molecule has 222 valence electrons. The highest BCUT2D eigenvalue weighted by molar-refractivity contribution is 7.80. The van der Waals surface area contributed by atoms with Crippen molar-refractivity contribution < 1.29 is 9.53 Å². The Hall–Kier alpha value is -2.78. The SMILES string of the molecule is C=CC(=O)OCCCC.C=Cc1ccc(C=C)cc1.C=Cc1ccccc1.CCCCCCCCCCCCS. The first kappa shape index (κ1) is 39.4. The zero-order valence-electron chi connectivity index (χ0n) is 25.5. The second-order valence-corrected chi connectivity index (χ2v) is 9.77. The van der Waals surface area contributed by atoms with E-state index in [9.17, 15) is 4.79 Å². The Morgan fingerprint density at radius 2 is 1.02 bits per heavy atom. The minimum atomic E-state index is -0.330. The quantitative estimate of drug-likeness (QED) is 0.0895. The number of carbonyl (C=O) groups excluding carboxylic acids is 1. The van der Waals surface area contributed by atoms with Gasteiger partial charge in [0.2, 0.25) is 0 Å². The molecule has 0 N–H and O–H groups in total. The van der Waals surface area contributed by atoms with Crippen LogP contribution < -0.4 is 0 Å². The molecular weight excluding hydrogens is 508 g/mol. The molecule has 0 aromatic heterocycles. The van der Waals surface area contributed by atoms with E-state index in [1.807, 2.05) is 79.7 Å². The fourth-order valence-corrected chi connectivity index (χ4v) is 3.56. The molecule has 0 aliphatic heterocycles. The molecule has 0 bridgehead atoms. The lowest BCUT2D eigenvalue weighted by molar-refractivity contribution is -0.137. The summed E-state index contributed by atoms with van der Waals surface area (Å²) >= 11 is 4.20. The molecule has 0 radical (unpaired) electrons. The highest BCUT2D eigenvalue weighted by Gasteiger charge is 1.92. The van der Waals surface area contributed by atoms with Gasteiger partial charge in [-0.15, -0.1) is 0 Å². The van der Waals surface area contributed by atoms with Crippen LogP contribution in [0.2, 0.25) is 0 Å². The van der Waals surface area contributed by atoms with Crippen molar-refractivity contribution >= 4 is 36.8 Å². The van der Waals surface area contributed by atoms with Gasteiger partial charge in [-0.05, 0) is 35.3 Å². The summed E-state index contributed by atoms with van der Waals surface area (Å²) in [4.78, 5) is 10.3. The minimum absolute atomic E-state index is 0.330. The van der Waals surface area contributed by atoms with Gasteiger partial charge in [0, 0.05) is 6.08 Å². The molecule has 0 aliphatic rings. The third kappa shape index (κ3) is 28.2. The second-order valence-electron chi connectivity index (χ2n) is 9.32. The average Bonchev–Trinajstić information content (AvgIpc) is 3.01. The van der Waals surface area contributed by atoms with E-state index < -0.39 is 0 Å². The van der Waals surface area contributed by atoms with E-state index >= 15 is 0 Å². The van der Waals surface area contributed by atoms with Crippen LogP contribution in [0.4, 0.5) is 0 Å². The molecule has 0 heterocycles. The van der Waals surface area contributed by atoms with Gasteiger partial charge in [0.25, 0.3) is 0 Å². The lowest BCUT2D eigenvalue weighted by atomic mass is 10.1. The summed E-state index contributed by atoms with van der Waals surface area (Å²) in [6.45, 7) is 19.1. The lowest BCUT2D eigenvalue weighted by Crippen LogP contribution is -2.00. The predicted octanol–water partition coefficient (Wildman–Crippen LogP) is 11.7. The smallest absolute Gasteiger partial charge is 0.330 e. The fraction of sp³-hybridized carbons (Fsp3) is 0.432. The van der Waals surface area contributed by atoms with Crippen molar-refractivity contribution in [1.82, 2.24) is 0 Å². The van der Waals surface area contributed by atoms with Gasteiger partial charge >= 0.3 is 5.97 Å². The Morgan fingerprint density at radius 1 is 0.625 bits per heavy atom. The molecule has 2 aromatic carbocycles. The number of ether oxygens (including phenoxy) is 1. The molecule has 0 spiro atoms. The van der Waals surface area contributed by atoms with E-state index in [4.69, 9.17) is 0 Å². The van der Waals surface area contributed by atoms with Crippen molar-refractivity contribution in [3.63, 3.8) is 0 Å². The van der Waals surface area contributed by atoms with E-state index in [2.05, 4.69) is 50.6 Å². The normalized spacial score (nSPS) is 9.28. The van der Waals surface area contributed by atoms with Gasteiger partial charge in [-0.1, -0.05) is 177 Å². The average molecular weight is 565 g/mol. The van der Waals surface area contributed by atoms with Crippen LogP contribution in [0.15, 0.2) is 87.0 Å².